The number of hydrogen-bond acceptors (Lipinski definition) is 7. The number of hydrogen-bond donors (Lipinski definition) is 0. The average molecular weight is 466 g/mol. The van der Waals surface area contributed by atoms with Gasteiger partial charge in [0.05, 0.1) is 17.6 Å². The normalized spacial score (nSPS) is 10.9. The number of carbonyl (C=O) groups excluding carboxylic acids is 1. The van der Waals surface area contributed by atoms with Gasteiger partial charge in [0.1, 0.15) is 0 Å². The SMILES string of the molecule is C=CCn1c(SCc2csc(N(C(C)=O)c3ccccc3CC)n2)nnc1-c1ccco1. The largest absolute Gasteiger partial charge is 0.461 e. The molecule has 3 heterocycles. The second-order valence-electron chi connectivity index (χ2n) is 6.93. The number of carbonyl (C=O) groups is 1. The molecule has 0 N–H and O–H groups in total. The van der Waals surface area contributed by atoms with Gasteiger partial charge in [0.25, 0.3) is 0 Å². The molecule has 4 rings (SSSR count). The summed E-state index contributed by atoms with van der Waals surface area (Å²) in [6.07, 6.45) is 4.26. The molecular weight excluding hydrogens is 442 g/mol. The van der Waals surface area contributed by atoms with E-state index in [1.165, 1.54) is 23.1 Å². The Labute approximate surface area is 194 Å². The zero-order valence-corrected chi connectivity index (χ0v) is 19.5. The van der Waals surface area contributed by atoms with Gasteiger partial charge < -0.3 is 4.42 Å². The number of anilines is 2. The minimum Gasteiger partial charge on any atom is -0.461 e. The van der Waals surface area contributed by atoms with E-state index in [9.17, 15) is 4.79 Å². The Balaban J connectivity index is 1.55. The van der Waals surface area contributed by atoms with Crippen molar-refractivity contribution in [3.63, 3.8) is 0 Å². The van der Waals surface area contributed by atoms with E-state index < -0.39 is 0 Å². The molecule has 0 bridgehead atoms. The zero-order chi connectivity index (χ0) is 22.5. The summed E-state index contributed by atoms with van der Waals surface area (Å²) in [5.74, 6) is 1.86. The van der Waals surface area contributed by atoms with Crippen LogP contribution in [0, 0.1) is 0 Å². The van der Waals surface area contributed by atoms with Crippen LogP contribution in [0.1, 0.15) is 25.1 Å². The fraction of sp³-hybridized carbons (Fsp3) is 0.217. The minimum atomic E-state index is -0.0618. The summed E-state index contributed by atoms with van der Waals surface area (Å²) < 4.78 is 7.44. The van der Waals surface area contributed by atoms with Crippen molar-refractivity contribution in [2.75, 3.05) is 4.90 Å². The molecule has 1 amide bonds. The van der Waals surface area contributed by atoms with Crippen molar-refractivity contribution in [1.82, 2.24) is 19.7 Å². The maximum absolute atomic E-state index is 12.5. The first-order valence-electron chi connectivity index (χ1n) is 10.2. The summed E-state index contributed by atoms with van der Waals surface area (Å²) >= 11 is 3.00. The van der Waals surface area contributed by atoms with Crippen LogP contribution in [0.2, 0.25) is 0 Å². The summed E-state index contributed by atoms with van der Waals surface area (Å²) in [5.41, 5.74) is 2.87. The Bertz CT molecular complexity index is 1210. The molecule has 0 aliphatic rings. The van der Waals surface area contributed by atoms with Crippen LogP contribution in [0.25, 0.3) is 11.6 Å². The van der Waals surface area contributed by atoms with E-state index in [1.807, 2.05) is 46.3 Å². The second-order valence-corrected chi connectivity index (χ2v) is 8.71. The summed E-state index contributed by atoms with van der Waals surface area (Å²) in [5, 5.41) is 12.0. The van der Waals surface area contributed by atoms with Crippen molar-refractivity contribution in [3.8, 4) is 11.6 Å². The van der Waals surface area contributed by atoms with Gasteiger partial charge >= 0.3 is 0 Å². The summed E-state index contributed by atoms with van der Waals surface area (Å²) in [6.45, 7) is 8.05. The number of benzene rings is 1. The highest BCUT2D eigenvalue weighted by Gasteiger charge is 2.21. The fourth-order valence-electron chi connectivity index (χ4n) is 3.32. The molecule has 0 radical (unpaired) electrons. The number of furan rings is 1. The van der Waals surface area contributed by atoms with Crippen LogP contribution < -0.4 is 4.90 Å². The van der Waals surface area contributed by atoms with Crippen LogP contribution in [0.3, 0.4) is 0 Å². The van der Waals surface area contributed by atoms with Crippen molar-refractivity contribution in [3.05, 3.63) is 72.0 Å². The van der Waals surface area contributed by atoms with E-state index in [0.29, 0.717) is 29.0 Å². The van der Waals surface area contributed by atoms with Crippen LogP contribution in [-0.2, 0) is 23.5 Å². The topological polar surface area (TPSA) is 77.1 Å². The van der Waals surface area contributed by atoms with Gasteiger partial charge in [-0.05, 0) is 30.2 Å². The summed E-state index contributed by atoms with van der Waals surface area (Å²) in [4.78, 5) is 18.9. The molecule has 0 atom stereocenters. The Kier molecular flexibility index (Phi) is 6.87. The van der Waals surface area contributed by atoms with E-state index in [4.69, 9.17) is 9.40 Å². The van der Waals surface area contributed by atoms with Crippen LogP contribution in [0.5, 0.6) is 0 Å². The molecule has 0 saturated carbocycles. The van der Waals surface area contributed by atoms with Gasteiger partial charge in [0.15, 0.2) is 16.0 Å². The van der Waals surface area contributed by atoms with Gasteiger partial charge in [-0.2, -0.15) is 0 Å². The fourth-order valence-corrected chi connectivity index (χ4v) is 5.14. The predicted octanol–water partition coefficient (Wildman–Crippen LogP) is 5.72. The second kappa shape index (κ2) is 9.97. The van der Waals surface area contributed by atoms with Gasteiger partial charge in [-0.15, -0.1) is 28.1 Å². The third-order valence-electron chi connectivity index (χ3n) is 4.78. The molecule has 0 fully saturated rings. The van der Waals surface area contributed by atoms with Crippen molar-refractivity contribution in [1.29, 1.82) is 0 Å². The number of aryl methyl sites for hydroxylation is 1. The molecule has 0 unspecified atom stereocenters. The lowest BCUT2D eigenvalue weighted by Crippen LogP contribution is -2.23. The Morgan fingerprint density at radius 3 is 2.84 bits per heavy atom. The van der Waals surface area contributed by atoms with E-state index >= 15 is 0 Å². The number of para-hydroxylation sites is 1. The van der Waals surface area contributed by atoms with Gasteiger partial charge in [-0.3, -0.25) is 14.3 Å². The molecule has 164 valence electrons. The number of nitrogens with zero attached hydrogens (tertiary/aromatic N) is 5. The quantitative estimate of drug-likeness (QED) is 0.232. The number of aromatic nitrogens is 4. The average Bonchev–Trinajstić information content (AvgIpc) is 3.54. The van der Waals surface area contributed by atoms with Crippen molar-refractivity contribution >= 4 is 39.8 Å². The molecule has 0 saturated heterocycles. The van der Waals surface area contributed by atoms with Crippen LogP contribution in [-0.4, -0.2) is 25.7 Å². The molecule has 32 heavy (non-hydrogen) atoms. The molecule has 9 heteroatoms. The zero-order valence-electron chi connectivity index (χ0n) is 17.9. The smallest absolute Gasteiger partial charge is 0.230 e. The third kappa shape index (κ3) is 4.53. The molecule has 4 aromatic rings. The Morgan fingerprint density at radius 1 is 1.28 bits per heavy atom. The highest BCUT2D eigenvalue weighted by Crippen LogP contribution is 2.33. The predicted molar refractivity (Wildman–Crippen MR) is 128 cm³/mol. The van der Waals surface area contributed by atoms with Crippen molar-refractivity contribution in [2.45, 2.75) is 37.7 Å². The lowest BCUT2D eigenvalue weighted by atomic mass is 10.1. The minimum absolute atomic E-state index is 0.0618. The monoisotopic (exact) mass is 465 g/mol. The lowest BCUT2D eigenvalue weighted by Gasteiger charge is -2.20. The summed E-state index contributed by atoms with van der Waals surface area (Å²) in [7, 11) is 0. The Hall–Kier alpha value is -3.17. The molecule has 7 nitrogen and oxygen atoms in total. The van der Waals surface area contributed by atoms with Crippen LogP contribution >= 0.6 is 23.1 Å². The number of allylic oxidation sites excluding steroid dienone is 1. The van der Waals surface area contributed by atoms with E-state index in [0.717, 1.165) is 28.5 Å². The first-order chi connectivity index (χ1) is 15.6. The number of thiazole rings is 1. The first-order valence-corrected chi connectivity index (χ1v) is 12.0. The maximum Gasteiger partial charge on any atom is 0.230 e. The number of thioether (sulfide) groups is 1. The molecule has 1 aromatic carbocycles. The highest BCUT2D eigenvalue weighted by molar-refractivity contribution is 7.98. The van der Waals surface area contributed by atoms with Gasteiger partial charge in [0.2, 0.25) is 11.7 Å². The highest BCUT2D eigenvalue weighted by atomic mass is 32.2. The van der Waals surface area contributed by atoms with E-state index in [-0.39, 0.29) is 5.91 Å². The molecule has 0 aliphatic heterocycles. The van der Waals surface area contributed by atoms with Crippen molar-refractivity contribution < 1.29 is 9.21 Å². The lowest BCUT2D eigenvalue weighted by molar-refractivity contribution is -0.115. The molecule has 0 aliphatic carbocycles. The number of amides is 1. The van der Waals surface area contributed by atoms with Crippen LogP contribution in [0.15, 0.2) is 70.3 Å². The molecule has 0 spiro atoms. The van der Waals surface area contributed by atoms with E-state index in [1.54, 1.807) is 24.2 Å². The summed E-state index contributed by atoms with van der Waals surface area (Å²) in [6, 6.07) is 11.6. The number of rotatable bonds is 9. The Morgan fingerprint density at radius 2 is 2.12 bits per heavy atom. The standard InChI is InChI=1S/C23H23N5O2S2/c1-4-12-27-21(20-11-8-13-30-20)25-26-23(27)32-15-18-14-31-22(24-18)28(16(3)29)19-10-7-6-9-17(19)5-2/h4,6-11,13-14H,1,5,12,15H2,2-3H3. The maximum atomic E-state index is 12.5. The first kappa shape index (κ1) is 22.0. The molecule has 3 aromatic heterocycles. The van der Waals surface area contributed by atoms with Gasteiger partial charge in [-0.1, -0.05) is 43.0 Å². The van der Waals surface area contributed by atoms with Crippen molar-refractivity contribution in [2.24, 2.45) is 0 Å². The van der Waals surface area contributed by atoms with Crippen LogP contribution in [0.4, 0.5) is 10.8 Å². The third-order valence-corrected chi connectivity index (χ3v) is 6.65. The van der Waals surface area contributed by atoms with Gasteiger partial charge in [-0.25, -0.2) is 4.98 Å². The van der Waals surface area contributed by atoms with E-state index in [2.05, 4.69) is 23.7 Å². The molecular formula is C23H23N5O2S2. The van der Waals surface area contributed by atoms with Gasteiger partial charge in [0, 0.05) is 24.6 Å².